The first kappa shape index (κ1) is 20.2. The summed E-state index contributed by atoms with van der Waals surface area (Å²) in [6.07, 6.45) is -2.48. The summed E-state index contributed by atoms with van der Waals surface area (Å²) < 4.78 is 43.4. The van der Waals surface area contributed by atoms with Crippen LogP contribution in [0.3, 0.4) is 0 Å². The summed E-state index contributed by atoms with van der Waals surface area (Å²) in [5, 5.41) is 20.1. The first-order chi connectivity index (χ1) is 12.3. The van der Waals surface area contributed by atoms with Crippen molar-refractivity contribution in [2.75, 3.05) is 31.6 Å². The van der Waals surface area contributed by atoms with Crippen molar-refractivity contribution >= 4 is 28.7 Å². The lowest BCUT2D eigenvalue weighted by molar-refractivity contribution is -0.384. The van der Waals surface area contributed by atoms with Crippen molar-refractivity contribution in [3.63, 3.8) is 0 Å². The van der Waals surface area contributed by atoms with E-state index in [-0.39, 0.29) is 18.3 Å². The molecule has 1 fully saturated rings. The summed E-state index contributed by atoms with van der Waals surface area (Å²) in [6.45, 7) is 1.94. The van der Waals surface area contributed by atoms with Gasteiger partial charge in [0.25, 0.3) is 5.69 Å². The minimum atomic E-state index is -4.63. The van der Waals surface area contributed by atoms with Crippen LogP contribution in [0, 0.1) is 10.1 Å². The lowest BCUT2D eigenvalue weighted by Crippen LogP contribution is -2.41. The second-order valence-electron chi connectivity index (χ2n) is 5.69. The van der Waals surface area contributed by atoms with Crippen LogP contribution in [0.15, 0.2) is 18.2 Å². The molecule has 1 aliphatic heterocycles. The predicted molar refractivity (Wildman–Crippen MR) is 94.2 cm³/mol. The molecule has 7 nitrogen and oxygen atoms in total. The Balaban J connectivity index is 1.79. The molecule has 0 radical (unpaired) electrons. The Bertz CT molecular complexity index is 652. The summed E-state index contributed by atoms with van der Waals surface area (Å²) in [7, 11) is 0. The van der Waals surface area contributed by atoms with E-state index in [0.717, 1.165) is 31.6 Å². The van der Waals surface area contributed by atoms with Crippen molar-refractivity contribution in [3.05, 3.63) is 33.9 Å². The summed E-state index contributed by atoms with van der Waals surface area (Å²) in [5.41, 5.74) is -1.67. The molecule has 1 saturated heterocycles. The second-order valence-corrected chi connectivity index (χ2v) is 6.09. The van der Waals surface area contributed by atoms with Crippen LogP contribution in [-0.4, -0.2) is 42.4 Å². The molecule has 0 amide bonds. The van der Waals surface area contributed by atoms with E-state index in [0.29, 0.717) is 24.3 Å². The average Bonchev–Trinajstić information content (AvgIpc) is 3.09. The molecule has 1 aromatic rings. The third-order valence-electron chi connectivity index (χ3n) is 3.76. The van der Waals surface area contributed by atoms with E-state index in [2.05, 4.69) is 16.0 Å². The highest BCUT2D eigenvalue weighted by Gasteiger charge is 2.33. The van der Waals surface area contributed by atoms with E-state index < -0.39 is 22.4 Å². The number of benzene rings is 1. The van der Waals surface area contributed by atoms with Gasteiger partial charge in [0.15, 0.2) is 5.11 Å². The summed E-state index contributed by atoms with van der Waals surface area (Å²) in [6, 6.07) is 2.37. The molecule has 1 aromatic carbocycles. The molecule has 0 bridgehead atoms. The van der Waals surface area contributed by atoms with E-state index in [4.69, 9.17) is 17.0 Å². The Kier molecular flexibility index (Phi) is 6.98. The molecule has 26 heavy (non-hydrogen) atoms. The maximum Gasteiger partial charge on any atom is 0.416 e. The Morgan fingerprint density at radius 1 is 1.35 bits per heavy atom. The Morgan fingerprint density at radius 2 is 2.12 bits per heavy atom. The topological polar surface area (TPSA) is 88.5 Å². The third-order valence-corrected chi connectivity index (χ3v) is 4.05. The maximum absolute atomic E-state index is 12.7. The molecule has 0 aromatic heterocycles. The van der Waals surface area contributed by atoms with Gasteiger partial charge in [-0.2, -0.15) is 13.2 Å². The van der Waals surface area contributed by atoms with Crippen LogP contribution in [0.25, 0.3) is 0 Å². The molecule has 1 atom stereocenters. The van der Waals surface area contributed by atoms with E-state index >= 15 is 0 Å². The summed E-state index contributed by atoms with van der Waals surface area (Å²) >= 11 is 5.11. The molecule has 2 rings (SSSR count). The van der Waals surface area contributed by atoms with Crippen molar-refractivity contribution in [2.24, 2.45) is 0 Å². The van der Waals surface area contributed by atoms with Crippen molar-refractivity contribution in [3.8, 4) is 0 Å². The average molecular weight is 392 g/mol. The van der Waals surface area contributed by atoms with Gasteiger partial charge in [0.05, 0.1) is 16.6 Å². The van der Waals surface area contributed by atoms with Crippen molar-refractivity contribution in [2.45, 2.75) is 25.1 Å². The fourth-order valence-corrected chi connectivity index (χ4v) is 2.64. The summed E-state index contributed by atoms with van der Waals surface area (Å²) in [5.74, 6) is 0. The number of ether oxygens (including phenoxy) is 1. The zero-order chi connectivity index (χ0) is 19.2. The quantitative estimate of drug-likeness (QED) is 0.285. The van der Waals surface area contributed by atoms with Gasteiger partial charge in [0, 0.05) is 32.3 Å². The highest BCUT2D eigenvalue weighted by molar-refractivity contribution is 7.80. The SMILES string of the molecule is O=[N+]([O-])c1cc(C(F)(F)F)ccc1NCCNC(=S)NC[C@H]1CCCO1. The first-order valence-electron chi connectivity index (χ1n) is 8.00. The largest absolute Gasteiger partial charge is 0.416 e. The molecular weight excluding hydrogens is 373 g/mol. The van der Waals surface area contributed by atoms with E-state index in [1.807, 2.05) is 0 Å². The molecule has 1 heterocycles. The monoisotopic (exact) mass is 392 g/mol. The van der Waals surface area contributed by atoms with Crippen LogP contribution in [0.4, 0.5) is 24.5 Å². The number of halogens is 3. The molecule has 1 aliphatic rings. The fraction of sp³-hybridized carbons (Fsp3) is 0.533. The number of nitro groups is 1. The van der Waals surface area contributed by atoms with E-state index in [1.165, 1.54) is 0 Å². The molecule has 0 saturated carbocycles. The highest BCUT2D eigenvalue weighted by atomic mass is 32.1. The third kappa shape index (κ3) is 5.99. The van der Waals surface area contributed by atoms with Crippen LogP contribution in [0.1, 0.15) is 18.4 Å². The van der Waals surface area contributed by atoms with Gasteiger partial charge in [0.1, 0.15) is 5.69 Å². The van der Waals surface area contributed by atoms with Gasteiger partial charge in [0.2, 0.25) is 0 Å². The number of hydrogen-bond acceptors (Lipinski definition) is 5. The van der Waals surface area contributed by atoms with Crippen LogP contribution < -0.4 is 16.0 Å². The molecule has 144 valence electrons. The minimum absolute atomic E-state index is 0.0167. The molecule has 0 aliphatic carbocycles. The number of hydrogen-bond donors (Lipinski definition) is 3. The predicted octanol–water partition coefficient (Wildman–Crippen LogP) is 2.67. The van der Waals surface area contributed by atoms with Crippen LogP contribution in [0.2, 0.25) is 0 Å². The van der Waals surface area contributed by atoms with Gasteiger partial charge in [-0.1, -0.05) is 0 Å². The van der Waals surface area contributed by atoms with Gasteiger partial charge < -0.3 is 20.7 Å². The number of nitrogens with one attached hydrogen (secondary N) is 3. The van der Waals surface area contributed by atoms with Gasteiger partial charge in [-0.25, -0.2) is 0 Å². The number of alkyl halides is 3. The van der Waals surface area contributed by atoms with Gasteiger partial charge in [-0.05, 0) is 37.2 Å². The van der Waals surface area contributed by atoms with Gasteiger partial charge in [-0.3, -0.25) is 10.1 Å². The fourth-order valence-electron chi connectivity index (χ4n) is 2.46. The van der Waals surface area contributed by atoms with Gasteiger partial charge >= 0.3 is 6.18 Å². The number of anilines is 1. The zero-order valence-corrected chi connectivity index (χ0v) is 14.6. The van der Waals surface area contributed by atoms with Crippen molar-refractivity contribution in [1.82, 2.24) is 10.6 Å². The number of thiocarbonyl (C=S) groups is 1. The first-order valence-corrected chi connectivity index (χ1v) is 8.41. The van der Waals surface area contributed by atoms with Crippen LogP contribution >= 0.6 is 12.2 Å². The van der Waals surface area contributed by atoms with E-state index in [1.54, 1.807) is 0 Å². The lowest BCUT2D eigenvalue weighted by atomic mass is 10.1. The van der Waals surface area contributed by atoms with Crippen LogP contribution in [-0.2, 0) is 10.9 Å². The molecule has 0 spiro atoms. The number of rotatable bonds is 7. The number of nitro benzene ring substituents is 1. The summed E-state index contributed by atoms with van der Waals surface area (Å²) in [4.78, 5) is 10.1. The van der Waals surface area contributed by atoms with Gasteiger partial charge in [-0.15, -0.1) is 0 Å². The zero-order valence-electron chi connectivity index (χ0n) is 13.8. The highest BCUT2D eigenvalue weighted by Crippen LogP contribution is 2.34. The maximum atomic E-state index is 12.7. The molecule has 0 unspecified atom stereocenters. The lowest BCUT2D eigenvalue weighted by Gasteiger charge is -2.14. The van der Waals surface area contributed by atoms with Crippen molar-refractivity contribution in [1.29, 1.82) is 0 Å². The molecular formula is C15H19F3N4O3S. The van der Waals surface area contributed by atoms with Crippen molar-refractivity contribution < 1.29 is 22.8 Å². The second kappa shape index (κ2) is 8.99. The Morgan fingerprint density at radius 3 is 2.73 bits per heavy atom. The molecule has 11 heteroatoms. The normalized spacial score (nSPS) is 17.0. The Hall–Kier alpha value is -2.14. The minimum Gasteiger partial charge on any atom is -0.378 e. The standard InChI is InChI=1S/C15H19F3N4O3S/c16-15(17,18)10-3-4-12(13(8-10)22(23)24)19-5-6-20-14(26)21-9-11-2-1-7-25-11/h3-4,8,11,19H,1-2,5-7,9H2,(H2,20,21,26)/t11-/m1/s1. The van der Waals surface area contributed by atoms with E-state index in [9.17, 15) is 23.3 Å². The molecule has 3 N–H and O–H groups in total. The smallest absolute Gasteiger partial charge is 0.378 e. The van der Waals surface area contributed by atoms with Crippen LogP contribution in [0.5, 0.6) is 0 Å². The number of nitrogens with zero attached hydrogens (tertiary/aromatic N) is 1. The Labute approximate surface area is 153 Å².